The van der Waals surface area contributed by atoms with Gasteiger partial charge in [0.25, 0.3) is 0 Å². The second-order valence-corrected chi connectivity index (χ2v) is 4.05. The number of hydrogen-bond donors (Lipinski definition) is 1. The molecule has 1 atom stereocenters. The largest absolute Gasteiger partial charge is 0.311 e. The Bertz CT molecular complexity index is 305. The van der Waals surface area contributed by atoms with E-state index in [0.717, 1.165) is 6.54 Å². The van der Waals surface area contributed by atoms with Crippen LogP contribution in [0.1, 0.15) is 30.9 Å². The molecule has 1 N–H and O–H groups in total. The van der Waals surface area contributed by atoms with Gasteiger partial charge in [0, 0.05) is 30.0 Å². The molecule has 3 heteroatoms. The highest BCUT2D eigenvalue weighted by Crippen LogP contribution is 2.51. The Morgan fingerprint density at radius 2 is 2.31 bits per heavy atom. The van der Waals surface area contributed by atoms with Gasteiger partial charge in [0.1, 0.15) is 0 Å². The summed E-state index contributed by atoms with van der Waals surface area (Å²) >= 11 is 0. The molecule has 1 aliphatic carbocycles. The predicted molar refractivity (Wildman–Crippen MR) is 49.4 cm³/mol. The van der Waals surface area contributed by atoms with Gasteiger partial charge in [0.15, 0.2) is 0 Å². The molecule has 2 aliphatic rings. The van der Waals surface area contributed by atoms with Gasteiger partial charge in [-0.2, -0.15) is 0 Å². The first-order valence-electron chi connectivity index (χ1n) is 4.92. The van der Waals surface area contributed by atoms with Crippen molar-refractivity contribution in [2.75, 3.05) is 6.54 Å². The Labute approximate surface area is 77.6 Å². The van der Waals surface area contributed by atoms with Gasteiger partial charge in [-0.25, -0.2) is 0 Å². The molecular weight excluding hydrogens is 162 g/mol. The lowest BCUT2D eigenvalue weighted by atomic mass is 9.95. The van der Waals surface area contributed by atoms with Crippen molar-refractivity contribution in [3.63, 3.8) is 0 Å². The molecule has 3 rings (SSSR count). The third-order valence-electron chi connectivity index (χ3n) is 3.31. The molecule has 0 amide bonds. The minimum absolute atomic E-state index is 0.413. The summed E-state index contributed by atoms with van der Waals surface area (Å²) in [7, 11) is 0. The van der Waals surface area contributed by atoms with E-state index in [4.69, 9.17) is 0 Å². The van der Waals surface area contributed by atoms with E-state index >= 15 is 0 Å². The van der Waals surface area contributed by atoms with Gasteiger partial charge >= 0.3 is 0 Å². The summed E-state index contributed by atoms with van der Waals surface area (Å²) in [6, 6.07) is 0. The zero-order valence-corrected chi connectivity index (χ0v) is 7.53. The number of hydrogen-bond acceptors (Lipinski definition) is 3. The van der Waals surface area contributed by atoms with Crippen molar-refractivity contribution in [2.24, 2.45) is 0 Å². The summed E-state index contributed by atoms with van der Waals surface area (Å²) < 4.78 is 0. The van der Waals surface area contributed by atoms with Crippen LogP contribution < -0.4 is 5.32 Å². The van der Waals surface area contributed by atoms with E-state index in [9.17, 15) is 0 Å². The predicted octanol–water partition coefficient (Wildman–Crippen LogP) is 1.09. The quantitative estimate of drug-likeness (QED) is 0.694. The maximum absolute atomic E-state index is 4.39. The minimum atomic E-state index is 0.413. The molecule has 1 aromatic heterocycles. The van der Waals surface area contributed by atoms with Gasteiger partial charge < -0.3 is 5.32 Å². The van der Waals surface area contributed by atoms with Crippen molar-refractivity contribution in [2.45, 2.75) is 30.7 Å². The molecule has 13 heavy (non-hydrogen) atoms. The highest BCUT2D eigenvalue weighted by atomic mass is 15.1. The van der Waals surface area contributed by atoms with Gasteiger partial charge in [-0.05, 0) is 25.8 Å². The summed E-state index contributed by atoms with van der Waals surface area (Å²) in [5.74, 6) is 0.612. The molecule has 1 aromatic rings. The molecule has 1 aliphatic heterocycles. The summed E-state index contributed by atoms with van der Waals surface area (Å²) in [5, 5.41) is 3.59. The van der Waals surface area contributed by atoms with Crippen LogP contribution >= 0.6 is 0 Å². The average Bonchev–Trinajstić information content (AvgIpc) is 2.80. The van der Waals surface area contributed by atoms with E-state index in [1.165, 1.54) is 25.0 Å². The summed E-state index contributed by atoms with van der Waals surface area (Å²) in [6.45, 7) is 1.14. The SMILES string of the molecule is c1cnc(C2CCNC23CC3)cn1. The fraction of sp³-hybridized carbons (Fsp3) is 0.600. The molecular formula is C10H13N3. The Morgan fingerprint density at radius 1 is 1.38 bits per heavy atom. The average molecular weight is 175 g/mol. The van der Waals surface area contributed by atoms with Gasteiger partial charge in [0.2, 0.25) is 0 Å². The molecule has 0 bridgehead atoms. The van der Waals surface area contributed by atoms with Crippen LogP contribution in [0.3, 0.4) is 0 Å². The third kappa shape index (κ3) is 1.07. The lowest BCUT2D eigenvalue weighted by Crippen LogP contribution is -2.28. The standard InChI is InChI=1S/C10H13N3/c1-4-13-10(2-3-10)8(1)9-7-11-5-6-12-9/h5-8,13H,1-4H2. The van der Waals surface area contributed by atoms with Crippen molar-refractivity contribution in [3.05, 3.63) is 24.3 Å². The second kappa shape index (κ2) is 2.51. The summed E-state index contributed by atoms with van der Waals surface area (Å²) in [6.07, 6.45) is 9.30. The molecule has 0 radical (unpaired) electrons. The monoisotopic (exact) mass is 175 g/mol. The molecule has 1 saturated heterocycles. The van der Waals surface area contributed by atoms with E-state index in [2.05, 4.69) is 15.3 Å². The van der Waals surface area contributed by atoms with Crippen molar-refractivity contribution in [1.82, 2.24) is 15.3 Å². The van der Waals surface area contributed by atoms with Gasteiger partial charge in [-0.1, -0.05) is 0 Å². The van der Waals surface area contributed by atoms with E-state index in [1.54, 1.807) is 12.4 Å². The first-order valence-corrected chi connectivity index (χ1v) is 4.92. The third-order valence-corrected chi connectivity index (χ3v) is 3.31. The molecule has 2 fully saturated rings. The zero-order valence-electron chi connectivity index (χ0n) is 7.53. The van der Waals surface area contributed by atoms with Crippen LogP contribution in [-0.2, 0) is 0 Å². The lowest BCUT2D eigenvalue weighted by molar-refractivity contribution is 0.524. The normalized spacial score (nSPS) is 29.4. The van der Waals surface area contributed by atoms with Crippen molar-refractivity contribution >= 4 is 0 Å². The van der Waals surface area contributed by atoms with Crippen LogP contribution in [0, 0.1) is 0 Å². The number of nitrogens with one attached hydrogen (secondary N) is 1. The fourth-order valence-corrected chi connectivity index (χ4v) is 2.45. The van der Waals surface area contributed by atoms with Gasteiger partial charge in [-0.15, -0.1) is 0 Å². The smallest absolute Gasteiger partial charge is 0.0636 e. The van der Waals surface area contributed by atoms with Crippen molar-refractivity contribution in [1.29, 1.82) is 0 Å². The molecule has 2 heterocycles. The lowest BCUT2D eigenvalue weighted by Gasteiger charge is -2.16. The van der Waals surface area contributed by atoms with Gasteiger partial charge in [-0.3, -0.25) is 9.97 Å². The van der Waals surface area contributed by atoms with Crippen molar-refractivity contribution < 1.29 is 0 Å². The number of aromatic nitrogens is 2. The molecule has 1 spiro atoms. The Kier molecular flexibility index (Phi) is 1.44. The molecule has 1 saturated carbocycles. The minimum Gasteiger partial charge on any atom is -0.311 e. The van der Waals surface area contributed by atoms with Crippen LogP contribution in [0.4, 0.5) is 0 Å². The maximum atomic E-state index is 4.39. The maximum Gasteiger partial charge on any atom is 0.0636 e. The first-order chi connectivity index (χ1) is 6.41. The Balaban J connectivity index is 1.93. The van der Waals surface area contributed by atoms with Crippen molar-refractivity contribution in [3.8, 4) is 0 Å². The van der Waals surface area contributed by atoms with E-state index in [0.29, 0.717) is 11.5 Å². The number of nitrogens with zero attached hydrogens (tertiary/aromatic N) is 2. The fourth-order valence-electron chi connectivity index (χ4n) is 2.45. The van der Waals surface area contributed by atoms with E-state index < -0.39 is 0 Å². The summed E-state index contributed by atoms with van der Waals surface area (Å²) in [5.41, 5.74) is 1.58. The zero-order chi connectivity index (χ0) is 8.73. The molecule has 0 aromatic carbocycles. The van der Waals surface area contributed by atoms with E-state index in [1.807, 2.05) is 6.20 Å². The van der Waals surface area contributed by atoms with E-state index in [-0.39, 0.29) is 0 Å². The number of rotatable bonds is 1. The Morgan fingerprint density at radius 3 is 3.00 bits per heavy atom. The van der Waals surface area contributed by atoms with Crippen LogP contribution in [0.15, 0.2) is 18.6 Å². The molecule has 68 valence electrons. The molecule has 3 nitrogen and oxygen atoms in total. The van der Waals surface area contributed by atoms with Crippen LogP contribution in [0.5, 0.6) is 0 Å². The topological polar surface area (TPSA) is 37.8 Å². The van der Waals surface area contributed by atoms with Gasteiger partial charge in [0.05, 0.1) is 5.69 Å². The summed E-state index contributed by atoms with van der Waals surface area (Å²) in [4.78, 5) is 8.53. The highest BCUT2D eigenvalue weighted by molar-refractivity contribution is 5.23. The second-order valence-electron chi connectivity index (χ2n) is 4.05. The van der Waals surface area contributed by atoms with Crippen LogP contribution in [-0.4, -0.2) is 22.1 Å². The molecule has 1 unspecified atom stereocenters. The Hall–Kier alpha value is -0.960. The van der Waals surface area contributed by atoms with Crippen LogP contribution in [0.25, 0.3) is 0 Å². The highest BCUT2D eigenvalue weighted by Gasteiger charge is 2.52. The van der Waals surface area contributed by atoms with Crippen LogP contribution in [0.2, 0.25) is 0 Å². The first kappa shape index (κ1) is 7.44.